The summed E-state index contributed by atoms with van der Waals surface area (Å²) in [5.74, 6) is 1.27. The van der Waals surface area contributed by atoms with Crippen molar-refractivity contribution in [3.63, 3.8) is 0 Å². The number of ether oxygens (including phenoxy) is 4. The molecule has 0 saturated carbocycles. The van der Waals surface area contributed by atoms with Gasteiger partial charge in [-0.1, -0.05) is 11.6 Å². The number of hydrogen-bond donors (Lipinski definition) is 0. The molecule has 0 aromatic carbocycles. The number of hydrogen-bond acceptors (Lipinski definition) is 11. The highest BCUT2D eigenvalue weighted by Gasteiger charge is 2.37. The minimum Gasteiger partial charge on any atom is -0.485 e. The fourth-order valence-electron chi connectivity index (χ4n) is 4.25. The SMILES string of the molecule is COC[C@@H]1COc2c(ccnc2OC(C)C)-c2nnc(CS(=O)(=O)[C@@H](C)[C@@H](OC(C)C)c3ncc(Cl)cn3)n21. The first-order chi connectivity index (χ1) is 18.5. The Kier molecular flexibility index (Phi) is 9.04. The van der Waals surface area contributed by atoms with Crippen molar-refractivity contribution < 1.29 is 27.4 Å². The molecule has 0 saturated heterocycles. The van der Waals surface area contributed by atoms with E-state index in [0.717, 1.165) is 0 Å². The van der Waals surface area contributed by atoms with E-state index in [-0.39, 0.29) is 37.1 Å². The molecule has 4 rings (SSSR count). The molecule has 0 unspecified atom stereocenters. The van der Waals surface area contributed by atoms with Crippen LogP contribution in [-0.4, -0.2) is 75.9 Å². The van der Waals surface area contributed by atoms with Crippen molar-refractivity contribution in [1.82, 2.24) is 29.7 Å². The number of nitrogens with zero attached hydrogens (tertiary/aromatic N) is 6. The highest BCUT2D eigenvalue weighted by molar-refractivity contribution is 7.91. The van der Waals surface area contributed by atoms with Crippen LogP contribution in [0.4, 0.5) is 0 Å². The normalized spacial score (nSPS) is 16.8. The van der Waals surface area contributed by atoms with Crippen LogP contribution in [0.3, 0.4) is 0 Å². The van der Waals surface area contributed by atoms with E-state index in [1.807, 2.05) is 27.7 Å². The van der Waals surface area contributed by atoms with E-state index in [1.165, 1.54) is 12.4 Å². The molecule has 0 fully saturated rings. The number of rotatable bonds is 11. The fourth-order valence-corrected chi connectivity index (χ4v) is 5.73. The van der Waals surface area contributed by atoms with Gasteiger partial charge < -0.3 is 23.5 Å². The molecule has 0 bridgehead atoms. The van der Waals surface area contributed by atoms with Crippen LogP contribution < -0.4 is 9.47 Å². The molecule has 1 aliphatic rings. The molecule has 1 aliphatic heterocycles. The van der Waals surface area contributed by atoms with Crippen molar-refractivity contribution in [3.8, 4) is 23.0 Å². The molecule has 0 spiro atoms. The monoisotopic (exact) mass is 580 g/mol. The lowest BCUT2D eigenvalue weighted by molar-refractivity contribution is 0.00142. The number of methoxy groups -OCH3 is 1. The Bertz CT molecular complexity index is 1380. The summed E-state index contributed by atoms with van der Waals surface area (Å²) in [7, 11) is -2.29. The van der Waals surface area contributed by atoms with E-state index in [0.29, 0.717) is 28.0 Å². The Morgan fingerprint density at radius 1 is 1.10 bits per heavy atom. The quantitative estimate of drug-likeness (QED) is 0.328. The van der Waals surface area contributed by atoms with Gasteiger partial charge >= 0.3 is 0 Å². The zero-order chi connectivity index (χ0) is 28.3. The second-order valence-corrected chi connectivity index (χ2v) is 12.6. The lowest BCUT2D eigenvalue weighted by Crippen LogP contribution is -2.32. The zero-order valence-electron chi connectivity index (χ0n) is 22.7. The molecular formula is C25H33ClN6O6S. The summed E-state index contributed by atoms with van der Waals surface area (Å²) in [4.78, 5) is 12.8. The average Bonchev–Trinajstić information content (AvgIpc) is 3.20. The molecule has 0 aliphatic carbocycles. The number of sulfone groups is 1. The predicted molar refractivity (Wildman–Crippen MR) is 144 cm³/mol. The average molecular weight is 581 g/mol. The third kappa shape index (κ3) is 6.48. The van der Waals surface area contributed by atoms with E-state index in [1.54, 1.807) is 30.9 Å². The van der Waals surface area contributed by atoms with Crippen molar-refractivity contribution >= 4 is 21.4 Å². The number of halogens is 1. The highest BCUT2D eigenvalue weighted by atomic mass is 35.5. The largest absolute Gasteiger partial charge is 0.485 e. The molecule has 3 aromatic heterocycles. The van der Waals surface area contributed by atoms with Crippen molar-refractivity contribution in [3.05, 3.63) is 41.3 Å². The summed E-state index contributed by atoms with van der Waals surface area (Å²) in [6.45, 7) is 9.41. The van der Waals surface area contributed by atoms with E-state index >= 15 is 0 Å². The van der Waals surface area contributed by atoms with Gasteiger partial charge in [0.05, 0.1) is 40.7 Å². The molecule has 212 valence electrons. The number of fused-ring (bicyclic) bond motifs is 3. The first-order valence-corrected chi connectivity index (χ1v) is 14.7. The van der Waals surface area contributed by atoms with Crippen LogP contribution >= 0.6 is 11.6 Å². The van der Waals surface area contributed by atoms with Crippen LogP contribution in [0.2, 0.25) is 5.02 Å². The fraction of sp³-hybridized carbons (Fsp3) is 0.560. The van der Waals surface area contributed by atoms with Crippen LogP contribution in [0.15, 0.2) is 24.7 Å². The second kappa shape index (κ2) is 12.1. The van der Waals surface area contributed by atoms with Gasteiger partial charge in [0.1, 0.15) is 24.3 Å². The van der Waals surface area contributed by atoms with Crippen molar-refractivity contribution in [1.29, 1.82) is 0 Å². The lowest BCUT2D eigenvalue weighted by atomic mass is 10.2. The smallest absolute Gasteiger partial charge is 0.258 e. The molecule has 12 nitrogen and oxygen atoms in total. The summed E-state index contributed by atoms with van der Waals surface area (Å²) < 4.78 is 52.7. The van der Waals surface area contributed by atoms with Crippen LogP contribution in [0, 0.1) is 0 Å². The summed E-state index contributed by atoms with van der Waals surface area (Å²) in [5, 5.41) is 8.02. The standard InChI is InChI=1S/C25H33ClN6O6S/c1-14(2)37-21(23-28-9-17(26)10-29-23)16(5)39(33,34)13-20-30-31-24-19-7-8-27-25(38-15(3)4)22(19)36-12-18(11-35-6)32(20)24/h7-10,14-16,18,21H,11-13H2,1-6H3/t16-,18+,21+/m0/s1. The Balaban J connectivity index is 1.73. The Hall–Kier alpha value is -2.87. The second-order valence-electron chi connectivity index (χ2n) is 9.77. The van der Waals surface area contributed by atoms with Gasteiger partial charge in [0.25, 0.3) is 5.88 Å². The predicted octanol–water partition coefficient (Wildman–Crippen LogP) is 3.62. The maximum absolute atomic E-state index is 13.8. The molecule has 14 heteroatoms. The van der Waals surface area contributed by atoms with E-state index < -0.39 is 33.0 Å². The van der Waals surface area contributed by atoms with Gasteiger partial charge in [0.15, 0.2) is 27.2 Å². The van der Waals surface area contributed by atoms with Crippen molar-refractivity contribution in [2.45, 2.75) is 70.0 Å². The van der Waals surface area contributed by atoms with Crippen LogP contribution in [0.1, 0.15) is 58.4 Å². The highest BCUT2D eigenvalue weighted by Crippen LogP contribution is 2.40. The van der Waals surface area contributed by atoms with Crippen molar-refractivity contribution in [2.24, 2.45) is 0 Å². The van der Waals surface area contributed by atoms with Crippen LogP contribution in [0.5, 0.6) is 11.6 Å². The van der Waals surface area contributed by atoms with Gasteiger partial charge in [-0.25, -0.2) is 23.4 Å². The zero-order valence-corrected chi connectivity index (χ0v) is 24.3. The minimum atomic E-state index is -3.85. The summed E-state index contributed by atoms with van der Waals surface area (Å²) >= 11 is 5.94. The van der Waals surface area contributed by atoms with Crippen LogP contribution in [0.25, 0.3) is 11.4 Å². The first-order valence-electron chi connectivity index (χ1n) is 12.6. The van der Waals surface area contributed by atoms with Gasteiger partial charge in [0.2, 0.25) is 0 Å². The number of pyridine rings is 1. The van der Waals surface area contributed by atoms with Gasteiger partial charge in [0, 0.05) is 25.7 Å². The molecule has 3 atom stereocenters. The van der Waals surface area contributed by atoms with Gasteiger partial charge in [-0.3, -0.25) is 0 Å². The molecule has 4 heterocycles. The third-order valence-electron chi connectivity index (χ3n) is 6.01. The van der Waals surface area contributed by atoms with Crippen LogP contribution in [-0.2, 0) is 25.1 Å². The Morgan fingerprint density at radius 2 is 1.82 bits per heavy atom. The first kappa shape index (κ1) is 29.1. The molecule has 0 radical (unpaired) electrons. The molecule has 0 N–H and O–H groups in total. The lowest BCUT2D eigenvalue weighted by Gasteiger charge is -2.25. The Labute approximate surface area is 233 Å². The van der Waals surface area contributed by atoms with Gasteiger partial charge in [-0.15, -0.1) is 10.2 Å². The third-order valence-corrected chi connectivity index (χ3v) is 8.24. The molecule has 39 heavy (non-hydrogen) atoms. The molecule has 0 amide bonds. The van der Waals surface area contributed by atoms with Crippen molar-refractivity contribution in [2.75, 3.05) is 20.3 Å². The van der Waals surface area contributed by atoms with E-state index in [9.17, 15) is 8.42 Å². The van der Waals surface area contributed by atoms with E-state index in [4.69, 9.17) is 30.5 Å². The summed E-state index contributed by atoms with van der Waals surface area (Å²) in [6, 6.07) is 1.34. The van der Waals surface area contributed by atoms with Gasteiger partial charge in [-0.05, 0) is 40.7 Å². The molecular weight excluding hydrogens is 548 g/mol. The topological polar surface area (TPSA) is 140 Å². The minimum absolute atomic E-state index is 0.128. The maximum atomic E-state index is 13.8. The summed E-state index contributed by atoms with van der Waals surface area (Å²) in [6.07, 6.45) is 3.10. The van der Waals surface area contributed by atoms with E-state index in [2.05, 4.69) is 25.1 Å². The number of aromatic nitrogens is 6. The summed E-state index contributed by atoms with van der Waals surface area (Å²) in [5.41, 5.74) is 0.596. The maximum Gasteiger partial charge on any atom is 0.258 e. The Morgan fingerprint density at radius 3 is 2.46 bits per heavy atom. The molecule has 3 aromatic rings. The van der Waals surface area contributed by atoms with Gasteiger partial charge in [-0.2, -0.15) is 0 Å².